The highest BCUT2D eigenvalue weighted by Gasteiger charge is 2.16. The predicted molar refractivity (Wildman–Crippen MR) is 56.2 cm³/mol. The largest absolute Gasteiger partial charge is 0.493 e. The Labute approximate surface area is 91.5 Å². The first-order valence-corrected chi connectivity index (χ1v) is 4.96. The Morgan fingerprint density at radius 2 is 2.25 bits per heavy atom. The van der Waals surface area contributed by atoms with Gasteiger partial charge in [-0.3, -0.25) is 10.1 Å². The Morgan fingerprint density at radius 3 is 2.81 bits per heavy atom. The van der Waals surface area contributed by atoms with E-state index in [2.05, 4.69) is 0 Å². The highest BCUT2D eigenvalue weighted by Crippen LogP contribution is 2.25. The number of benzene rings is 1. The summed E-state index contributed by atoms with van der Waals surface area (Å²) in [5.41, 5.74) is 0.0305. The van der Waals surface area contributed by atoms with Gasteiger partial charge in [-0.15, -0.1) is 0 Å². The minimum atomic E-state index is -0.836. The highest BCUT2D eigenvalue weighted by atomic mass is 19.1. The van der Waals surface area contributed by atoms with E-state index in [4.69, 9.17) is 4.74 Å². The third-order valence-electron chi connectivity index (χ3n) is 2.36. The summed E-state index contributed by atoms with van der Waals surface area (Å²) in [6.07, 6.45) is 3.69. The number of nitro groups is 1. The van der Waals surface area contributed by atoms with Crippen molar-refractivity contribution in [3.63, 3.8) is 0 Å². The molecule has 0 aliphatic carbocycles. The van der Waals surface area contributed by atoms with Gasteiger partial charge in [0.05, 0.1) is 11.5 Å². The maximum Gasteiger partial charge on any atom is 0.304 e. The summed E-state index contributed by atoms with van der Waals surface area (Å²) in [5.74, 6) is -0.238. The van der Waals surface area contributed by atoms with Gasteiger partial charge in [-0.25, -0.2) is 0 Å². The third kappa shape index (κ3) is 2.03. The lowest BCUT2D eigenvalue weighted by Crippen LogP contribution is -2.01. The standard InChI is InChI=1S/C11H10FNO3/c12-9-7-8(4-5-10(9)13(14)15)11-3-1-2-6-16-11/h3-5,7H,1-2,6H2. The van der Waals surface area contributed by atoms with Crippen molar-refractivity contribution in [1.82, 2.24) is 0 Å². The molecule has 0 amide bonds. The zero-order valence-corrected chi connectivity index (χ0v) is 8.48. The summed E-state index contributed by atoms with van der Waals surface area (Å²) in [5, 5.41) is 10.4. The lowest BCUT2D eigenvalue weighted by molar-refractivity contribution is -0.387. The van der Waals surface area contributed by atoms with Crippen molar-refractivity contribution in [1.29, 1.82) is 0 Å². The molecule has 5 heteroatoms. The fourth-order valence-corrected chi connectivity index (χ4v) is 1.57. The Kier molecular flexibility index (Phi) is 2.85. The molecule has 0 fully saturated rings. The van der Waals surface area contributed by atoms with Gasteiger partial charge >= 0.3 is 5.69 Å². The number of ether oxygens (including phenoxy) is 1. The number of halogens is 1. The van der Waals surface area contributed by atoms with Gasteiger partial charge in [-0.1, -0.05) is 0 Å². The predicted octanol–water partition coefficient (Wildman–Crippen LogP) is 2.89. The van der Waals surface area contributed by atoms with Crippen molar-refractivity contribution in [3.05, 3.63) is 45.8 Å². The molecule has 1 aliphatic rings. The molecule has 0 saturated carbocycles. The molecule has 1 aromatic carbocycles. The molecule has 1 aliphatic heterocycles. The fourth-order valence-electron chi connectivity index (χ4n) is 1.57. The van der Waals surface area contributed by atoms with Crippen LogP contribution in [0.3, 0.4) is 0 Å². The highest BCUT2D eigenvalue weighted by molar-refractivity contribution is 5.61. The summed E-state index contributed by atoms with van der Waals surface area (Å²) < 4.78 is 18.7. The van der Waals surface area contributed by atoms with Crippen molar-refractivity contribution in [2.24, 2.45) is 0 Å². The second-order valence-electron chi connectivity index (χ2n) is 3.48. The second-order valence-corrected chi connectivity index (χ2v) is 3.48. The van der Waals surface area contributed by atoms with Gasteiger partial charge in [0.15, 0.2) is 0 Å². The third-order valence-corrected chi connectivity index (χ3v) is 2.36. The zero-order valence-electron chi connectivity index (χ0n) is 8.48. The average molecular weight is 223 g/mol. The molecule has 0 spiro atoms. The molecule has 0 aromatic heterocycles. The van der Waals surface area contributed by atoms with Crippen molar-refractivity contribution < 1.29 is 14.1 Å². The molecule has 0 bridgehead atoms. The minimum Gasteiger partial charge on any atom is -0.493 e. The van der Waals surface area contributed by atoms with Crippen molar-refractivity contribution in [3.8, 4) is 0 Å². The first-order chi connectivity index (χ1) is 7.68. The number of rotatable bonds is 2. The van der Waals surface area contributed by atoms with Crippen LogP contribution in [0.2, 0.25) is 0 Å². The zero-order chi connectivity index (χ0) is 11.5. The van der Waals surface area contributed by atoms with Crippen LogP contribution in [0, 0.1) is 15.9 Å². The maximum absolute atomic E-state index is 13.3. The van der Waals surface area contributed by atoms with E-state index in [1.165, 1.54) is 6.07 Å². The lowest BCUT2D eigenvalue weighted by Gasteiger charge is -2.14. The molecule has 0 saturated heterocycles. The van der Waals surface area contributed by atoms with Crippen molar-refractivity contribution >= 4 is 11.4 Å². The first kappa shape index (κ1) is 10.6. The number of allylic oxidation sites excluding steroid dienone is 1. The van der Waals surface area contributed by atoms with Crippen LogP contribution in [0.15, 0.2) is 24.3 Å². The fraction of sp³-hybridized carbons (Fsp3) is 0.273. The van der Waals surface area contributed by atoms with Gasteiger partial charge in [0.2, 0.25) is 5.82 Å². The van der Waals surface area contributed by atoms with Crippen LogP contribution < -0.4 is 0 Å². The van der Waals surface area contributed by atoms with Crippen molar-refractivity contribution in [2.45, 2.75) is 12.8 Å². The summed E-state index contributed by atoms with van der Waals surface area (Å²) >= 11 is 0. The van der Waals surface area contributed by atoms with Crippen LogP contribution in [0.4, 0.5) is 10.1 Å². The quantitative estimate of drug-likeness (QED) is 0.572. The maximum atomic E-state index is 13.3. The SMILES string of the molecule is O=[N+]([O-])c1ccc(C2=CCCCO2)cc1F. The van der Waals surface area contributed by atoms with Crippen LogP contribution in [0.25, 0.3) is 5.76 Å². The summed E-state index contributed by atoms with van der Waals surface area (Å²) in [6.45, 7) is 0.602. The van der Waals surface area contributed by atoms with E-state index >= 15 is 0 Å². The number of hydrogen-bond donors (Lipinski definition) is 0. The molecule has 84 valence electrons. The molecule has 0 atom stereocenters. The van der Waals surface area contributed by atoms with Gasteiger partial charge in [0, 0.05) is 11.6 Å². The van der Waals surface area contributed by atoms with Crippen molar-refractivity contribution in [2.75, 3.05) is 6.61 Å². The first-order valence-electron chi connectivity index (χ1n) is 4.96. The van der Waals surface area contributed by atoms with Gasteiger partial charge in [-0.05, 0) is 31.1 Å². The molecule has 0 N–H and O–H groups in total. The van der Waals surface area contributed by atoms with E-state index in [9.17, 15) is 14.5 Å². The van der Waals surface area contributed by atoms with E-state index in [-0.39, 0.29) is 0 Å². The van der Waals surface area contributed by atoms with Crippen LogP contribution in [0.1, 0.15) is 18.4 Å². The number of hydrogen-bond acceptors (Lipinski definition) is 3. The molecular weight excluding hydrogens is 213 g/mol. The van der Waals surface area contributed by atoms with Crippen LogP contribution in [0.5, 0.6) is 0 Å². The minimum absolute atomic E-state index is 0.514. The van der Waals surface area contributed by atoms with Gasteiger partial charge in [0.25, 0.3) is 0 Å². The molecular formula is C11H10FNO3. The lowest BCUT2D eigenvalue weighted by atomic mass is 10.1. The topological polar surface area (TPSA) is 52.4 Å². The molecule has 16 heavy (non-hydrogen) atoms. The molecule has 4 nitrogen and oxygen atoms in total. The Morgan fingerprint density at radius 1 is 1.44 bits per heavy atom. The van der Waals surface area contributed by atoms with E-state index in [1.807, 2.05) is 6.08 Å². The Bertz CT molecular complexity index is 457. The normalized spacial score (nSPS) is 15.2. The molecule has 0 unspecified atom stereocenters. The summed E-state index contributed by atoms with van der Waals surface area (Å²) in [6, 6.07) is 3.79. The Hall–Kier alpha value is -1.91. The second kappa shape index (κ2) is 4.30. The van der Waals surface area contributed by atoms with E-state index < -0.39 is 16.4 Å². The van der Waals surface area contributed by atoms with E-state index in [1.54, 1.807) is 0 Å². The van der Waals surface area contributed by atoms with Crippen LogP contribution in [-0.2, 0) is 4.74 Å². The monoisotopic (exact) mass is 223 g/mol. The smallest absolute Gasteiger partial charge is 0.304 e. The summed E-state index contributed by atoms with van der Waals surface area (Å²) in [7, 11) is 0. The Balaban J connectivity index is 2.33. The van der Waals surface area contributed by atoms with Crippen LogP contribution in [-0.4, -0.2) is 11.5 Å². The number of nitro benzene ring substituents is 1. The van der Waals surface area contributed by atoms with Crippen LogP contribution >= 0.6 is 0 Å². The van der Waals surface area contributed by atoms with Gasteiger partial charge in [-0.2, -0.15) is 4.39 Å². The summed E-state index contributed by atoms with van der Waals surface area (Å²) in [4.78, 5) is 9.69. The molecule has 2 rings (SSSR count). The van der Waals surface area contributed by atoms with E-state index in [0.717, 1.165) is 25.0 Å². The molecule has 1 heterocycles. The average Bonchev–Trinajstić information content (AvgIpc) is 2.29. The molecule has 0 radical (unpaired) electrons. The van der Waals surface area contributed by atoms with E-state index in [0.29, 0.717) is 17.9 Å². The number of nitrogens with zero attached hydrogens (tertiary/aromatic N) is 1. The molecule has 1 aromatic rings. The van der Waals surface area contributed by atoms with Gasteiger partial charge < -0.3 is 4.74 Å². The van der Waals surface area contributed by atoms with Gasteiger partial charge in [0.1, 0.15) is 5.76 Å².